The molecule has 1 rings (SSSR count). The summed E-state index contributed by atoms with van der Waals surface area (Å²) in [7, 11) is -3.43. The first-order chi connectivity index (χ1) is 7.45. The van der Waals surface area contributed by atoms with Crippen LogP contribution in [0.4, 0.5) is 0 Å². The van der Waals surface area contributed by atoms with Crippen molar-refractivity contribution in [2.75, 3.05) is 5.88 Å². The van der Waals surface area contributed by atoms with Gasteiger partial charge in [0.25, 0.3) is 0 Å². The summed E-state index contributed by atoms with van der Waals surface area (Å²) in [6, 6.07) is 6.34. The third kappa shape index (κ3) is 4.05. The third-order valence-electron chi connectivity index (χ3n) is 2.02. The minimum Gasteiger partial charge on any atom is -0.208 e. The number of hydrogen-bond acceptors (Lipinski definition) is 2. The van der Waals surface area contributed by atoms with Crippen LogP contribution in [0.2, 0.25) is 0 Å². The lowest BCUT2D eigenvalue weighted by Crippen LogP contribution is -2.32. The molecule has 0 bridgehead atoms. The predicted molar refractivity (Wildman–Crippen MR) is 69.3 cm³/mol. The van der Waals surface area contributed by atoms with Crippen LogP contribution in [0.5, 0.6) is 0 Å². The Morgan fingerprint density at radius 3 is 2.44 bits per heavy atom. The number of benzene rings is 1. The van der Waals surface area contributed by atoms with E-state index in [2.05, 4.69) is 20.7 Å². The molecular weight excluding hydrogens is 314 g/mol. The molecule has 1 aromatic carbocycles. The van der Waals surface area contributed by atoms with Crippen molar-refractivity contribution in [2.45, 2.75) is 24.3 Å². The maximum Gasteiger partial charge on any atom is 0.240 e. The lowest BCUT2D eigenvalue weighted by atomic mass is 10.3. The molecule has 0 aliphatic rings. The second-order valence-corrected chi connectivity index (χ2v) is 6.46. The minimum absolute atomic E-state index is 0.161. The van der Waals surface area contributed by atoms with E-state index < -0.39 is 10.0 Å². The zero-order chi connectivity index (χ0) is 12.2. The predicted octanol–water partition coefficient (Wildman–Crippen LogP) is 2.74. The molecule has 1 unspecified atom stereocenters. The van der Waals surface area contributed by atoms with Crippen molar-refractivity contribution in [2.24, 2.45) is 0 Å². The molecule has 0 saturated heterocycles. The average molecular weight is 327 g/mol. The highest BCUT2D eigenvalue weighted by Gasteiger charge is 2.16. The second kappa shape index (κ2) is 6.00. The molecule has 0 spiro atoms. The molecule has 0 aromatic heterocycles. The summed E-state index contributed by atoms with van der Waals surface area (Å²) in [5, 5.41) is 0. The van der Waals surface area contributed by atoms with E-state index in [1.165, 1.54) is 0 Å². The normalized spacial score (nSPS) is 13.7. The van der Waals surface area contributed by atoms with E-state index in [0.29, 0.717) is 12.3 Å². The molecule has 0 saturated carbocycles. The molecule has 0 radical (unpaired) electrons. The SMILES string of the molecule is CC(CCCl)NS(=O)(=O)c1ccc(Br)cc1. The maximum absolute atomic E-state index is 11.9. The van der Waals surface area contributed by atoms with Crippen LogP contribution in [0.25, 0.3) is 0 Å². The van der Waals surface area contributed by atoms with Crippen LogP contribution in [-0.2, 0) is 10.0 Å². The Balaban J connectivity index is 2.82. The third-order valence-corrected chi connectivity index (χ3v) is 4.37. The first-order valence-corrected chi connectivity index (χ1v) is 7.60. The first-order valence-electron chi connectivity index (χ1n) is 4.79. The molecule has 0 fully saturated rings. The van der Waals surface area contributed by atoms with Gasteiger partial charge in [0.15, 0.2) is 0 Å². The molecule has 1 N–H and O–H groups in total. The summed E-state index contributed by atoms with van der Waals surface area (Å²) >= 11 is 8.81. The first kappa shape index (κ1) is 14.0. The lowest BCUT2D eigenvalue weighted by molar-refractivity contribution is 0.556. The molecule has 0 aliphatic carbocycles. The summed E-state index contributed by atoms with van der Waals surface area (Å²) < 4.78 is 27.1. The number of hydrogen-bond donors (Lipinski definition) is 1. The standard InChI is InChI=1S/C10H13BrClNO2S/c1-8(6-7-12)13-16(14,15)10-4-2-9(11)3-5-10/h2-5,8,13H,6-7H2,1H3. The van der Waals surface area contributed by atoms with Crippen molar-refractivity contribution in [3.63, 3.8) is 0 Å². The van der Waals surface area contributed by atoms with Crippen LogP contribution in [0.3, 0.4) is 0 Å². The average Bonchev–Trinajstić information content (AvgIpc) is 2.17. The number of sulfonamides is 1. The zero-order valence-electron chi connectivity index (χ0n) is 8.78. The quantitative estimate of drug-likeness (QED) is 0.846. The molecular formula is C10H13BrClNO2S. The largest absolute Gasteiger partial charge is 0.240 e. The van der Waals surface area contributed by atoms with E-state index in [1.54, 1.807) is 31.2 Å². The van der Waals surface area contributed by atoms with Gasteiger partial charge < -0.3 is 0 Å². The Bertz CT molecular complexity index is 433. The van der Waals surface area contributed by atoms with Crippen molar-refractivity contribution in [3.8, 4) is 0 Å². The molecule has 90 valence electrons. The van der Waals surface area contributed by atoms with Crippen LogP contribution in [0.15, 0.2) is 33.6 Å². The molecule has 16 heavy (non-hydrogen) atoms. The minimum atomic E-state index is -3.43. The lowest BCUT2D eigenvalue weighted by Gasteiger charge is -2.12. The zero-order valence-corrected chi connectivity index (χ0v) is 11.9. The fourth-order valence-electron chi connectivity index (χ4n) is 1.17. The van der Waals surface area contributed by atoms with Gasteiger partial charge in [-0.1, -0.05) is 15.9 Å². The Hall–Kier alpha value is -0.100. The van der Waals surface area contributed by atoms with Gasteiger partial charge in [0, 0.05) is 16.4 Å². The highest BCUT2D eigenvalue weighted by atomic mass is 79.9. The van der Waals surface area contributed by atoms with E-state index >= 15 is 0 Å². The van der Waals surface area contributed by atoms with Crippen molar-refractivity contribution in [1.82, 2.24) is 4.72 Å². The van der Waals surface area contributed by atoms with Crippen molar-refractivity contribution < 1.29 is 8.42 Å². The van der Waals surface area contributed by atoms with Crippen LogP contribution in [-0.4, -0.2) is 20.3 Å². The number of alkyl halides is 1. The summed E-state index contributed by atoms with van der Waals surface area (Å²) in [6.45, 7) is 1.79. The fourth-order valence-corrected chi connectivity index (χ4v) is 3.04. The maximum atomic E-state index is 11.9. The van der Waals surface area contributed by atoms with Crippen LogP contribution >= 0.6 is 27.5 Å². The van der Waals surface area contributed by atoms with E-state index in [-0.39, 0.29) is 10.9 Å². The van der Waals surface area contributed by atoms with E-state index in [0.717, 1.165) is 4.47 Å². The number of nitrogens with one attached hydrogen (secondary N) is 1. The molecule has 1 aromatic rings. The van der Waals surface area contributed by atoms with E-state index in [1.807, 2.05) is 0 Å². The smallest absolute Gasteiger partial charge is 0.208 e. The number of rotatable bonds is 5. The molecule has 0 amide bonds. The highest BCUT2D eigenvalue weighted by molar-refractivity contribution is 9.10. The van der Waals surface area contributed by atoms with Crippen molar-refractivity contribution >= 4 is 37.6 Å². The van der Waals surface area contributed by atoms with Gasteiger partial charge in [0.05, 0.1) is 4.90 Å². The Morgan fingerprint density at radius 2 is 1.94 bits per heavy atom. The summed E-state index contributed by atoms with van der Waals surface area (Å²) in [4.78, 5) is 0.261. The Morgan fingerprint density at radius 1 is 1.38 bits per heavy atom. The van der Waals surface area contributed by atoms with Gasteiger partial charge in [-0.2, -0.15) is 0 Å². The van der Waals surface area contributed by atoms with Crippen LogP contribution < -0.4 is 4.72 Å². The summed E-state index contributed by atoms with van der Waals surface area (Å²) in [5.74, 6) is 0.435. The fraction of sp³-hybridized carbons (Fsp3) is 0.400. The summed E-state index contributed by atoms with van der Waals surface area (Å²) in [6.07, 6.45) is 0.608. The Kier molecular flexibility index (Phi) is 5.24. The van der Waals surface area contributed by atoms with E-state index in [9.17, 15) is 8.42 Å². The number of halogens is 2. The monoisotopic (exact) mass is 325 g/mol. The van der Waals surface area contributed by atoms with Gasteiger partial charge in [-0.05, 0) is 37.6 Å². The molecule has 0 heterocycles. The topological polar surface area (TPSA) is 46.2 Å². The van der Waals surface area contributed by atoms with Gasteiger partial charge in [-0.25, -0.2) is 13.1 Å². The van der Waals surface area contributed by atoms with Gasteiger partial charge in [0.1, 0.15) is 0 Å². The van der Waals surface area contributed by atoms with Gasteiger partial charge in [-0.15, -0.1) is 11.6 Å². The van der Waals surface area contributed by atoms with Gasteiger partial charge >= 0.3 is 0 Å². The molecule has 6 heteroatoms. The van der Waals surface area contributed by atoms with Crippen molar-refractivity contribution in [1.29, 1.82) is 0 Å². The second-order valence-electron chi connectivity index (χ2n) is 3.45. The van der Waals surface area contributed by atoms with Gasteiger partial charge in [0.2, 0.25) is 10.0 Å². The van der Waals surface area contributed by atoms with Crippen LogP contribution in [0, 0.1) is 0 Å². The van der Waals surface area contributed by atoms with E-state index in [4.69, 9.17) is 11.6 Å². The molecule has 0 aliphatic heterocycles. The summed E-state index contributed by atoms with van der Waals surface area (Å²) in [5.41, 5.74) is 0. The Labute approximate surface area is 109 Å². The molecule has 1 atom stereocenters. The molecule has 3 nitrogen and oxygen atoms in total. The van der Waals surface area contributed by atoms with Gasteiger partial charge in [-0.3, -0.25) is 0 Å². The highest BCUT2D eigenvalue weighted by Crippen LogP contribution is 2.15. The van der Waals surface area contributed by atoms with Crippen LogP contribution in [0.1, 0.15) is 13.3 Å². The van der Waals surface area contributed by atoms with Crippen molar-refractivity contribution in [3.05, 3.63) is 28.7 Å².